The average molecular weight is 556 g/mol. The van der Waals surface area contributed by atoms with E-state index in [1.54, 1.807) is 29.2 Å². The van der Waals surface area contributed by atoms with E-state index in [1.807, 2.05) is 13.8 Å². The number of carbonyl (C=O) groups excluding carboxylic acids is 4. The molecule has 0 unspecified atom stereocenters. The molecule has 3 heterocycles. The lowest BCUT2D eigenvalue weighted by Gasteiger charge is -2.31. The highest BCUT2D eigenvalue weighted by atomic mass is 16.5. The first-order valence-corrected chi connectivity index (χ1v) is 14.9. The van der Waals surface area contributed by atoms with Crippen molar-refractivity contribution < 1.29 is 23.9 Å². The van der Waals surface area contributed by atoms with Crippen LogP contribution in [0.3, 0.4) is 0 Å². The van der Waals surface area contributed by atoms with Gasteiger partial charge in [0.1, 0.15) is 24.4 Å². The third-order valence-electron chi connectivity index (χ3n) is 7.97. The molecule has 3 aliphatic rings. The first-order valence-electron chi connectivity index (χ1n) is 14.9. The van der Waals surface area contributed by atoms with Crippen molar-refractivity contribution in [2.24, 2.45) is 5.92 Å². The van der Waals surface area contributed by atoms with Crippen LogP contribution in [-0.4, -0.2) is 90.9 Å². The van der Waals surface area contributed by atoms with E-state index >= 15 is 0 Å². The summed E-state index contributed by atoms with van der Waals surface area (Å²) in [5.41, 5.74) is 0.289. The number of benzene rings is 1. The number of nitrogens with one attached hydrogen (secondary N) is 3. The van der Waals surface area contributed by atoms with Gasteiger partial charge in [-0.05, 0) is 82.6 Å². The largest absolute Gasteiger partial charge is 0.491 e. The molecule has 1 aromatic carbocycles. The Morgan fingerprint density at radius 3 is 2.60 bits per heavy atom. The van der Waals surface area contributed by atoms with E-state index in [1.165, 1.54) is 12.8 Å². The number of hydrogen-bond donors (Lipinski definition) is 3. The van der Waals surface area contributed by atoms with Gasteiger partial charge in [-0.2, -0.15) is 0 Å². The second kappa shape index (κ2) is 14.5. The summed E-state index contributed by atoms with van der Waals surface area (Å²) in [4.78, 5) is 57.6. The maximum Gasteiger partial charge on any atom is 0.255 e. The van der Waals surface area contributed by atoms with Crippen molar-refractivity contribution in [2.45, 2.75) is 83.3 Å². The zero-order valence-electron chi connectivity index (χ0n) is 24.0. The van der Waals surface area contributed by atoms with Gasteiger partial charge in [0.2, 0.25) is 17.7 Å². The Morgan fingerprint density at radius 2 is 1.82 bits per heavy atom. The van der Waals surface area contributed by atoms with Gasteiger partial charge in [0.15, 0.2) is 0 Å². The minimum Gasteiger partial charge on any atom is -0.491 e. The monoisotopic (exact) mass is 555 g/mol. The highest BCUT2D eigenvalue weighted by Gasteiger charge is 2.36. The Kier molecular flexibility index (Phi) is 10.8. The van der Waals surface area contributed by atoms with Crippen molar-refractivity contribution in [3.63, 3.8) is 0 Å². The molecule has 0 radical (unpaired) electrons. The van der Waals surface area contributed by atoms with Gasteiger partial charge in [-0.1, -0.05) is 26.0 Å². The van der Waals surface area contributed by atoms with Gasteiger partial charge < -0.3 is 30.5 Å². The molecule has 10 heteroatoms. The van der Waals surface area contributed by atoms with E-state index in [2.05, 4.69) is 20.9 Å². The maximum atomic E-state index is 13.6. The summed E-state index contributed by atoms with van der Waals surface area (Å²) in [6.45, 7) is 8.61. The Bertz CT molecular complexity index is 1040. The van der Waals surface area contributed by atoms with Crippen molar-refractivity contribution in [2.75, 3.05) is 39.3 Å². The Labute approximate surface area is 237 Å². The van der Waals surface area contributed by atoms with Crippen molar-refractivity contribution in [3.05, 3.63) is 29.8 Å². The van der Waals surface area contributed by atoms with Crippen LogP contribution < -0.4 is 20.7 Å². The fraction of sp³-hybridized carbons (Fsp3) is 0.667. The first kappa shape index (κ1) is 29.8. The normalized spacial score (nSPS) is 24.5. The van der Waals surface area contributed by atoms with Gasteiger partial charge in [-0.15, -0.1) is 0 Å². The summed E-state index contributed by atoms with van der Waals surface area (Å²) in [5, 5.41) is 8.55. The molecule has 3 N–H and O–H groups in total. The third kappa shape index (κ3) is 8.19. The van der Waals surface area contributed by atoms with Gasteiger partial charge in [0.05, 0.1) is 18.0 Å². The van der Waals surface area contributed by atoms with E-state index in [0.29, 0.717) is 25.3 Å². The van der Waals surface area contributed by atoms with Gasteiger partial charge in [-0.25, -0.2) is 0 Å². The molecule has 3 aliphatic heterocycles. The molecule has 4 rings (SSSR count). The molecule has 0 saturated carbocycles. The number of hydrogen-bond acceptors (Lipinski definition) is 6. The van der Waals surface area contributed by atoms with Crippen LogP contribution in [0.2, 0.25) is 0 Å². The fourth-order valence-electron chi connectivity index (χ4n) is 5.84. The molecule has 1 aromatic rings. The minimum absolute atomic E-state index is 0.124. The highest BCUT2D eigenvalue weighted by Crippen LogP contribution is 2.24. The average Bonchev–Trinajstić information content (AvgIpc) is 3.62. The van der Waals surface area contributed by atoms with E-state index in [-0.39, 0.29) is 36.5 Å². The van der Waals surface area contributed by atoms with Crippen LogP contribution in [0.1, 0.15) is 75.6 Å². The Balaban J connectivity index is 1.49. The molecular formula is C30H45N5O5. The second-order valence-corrected chi connectivity index (χ2v) is 11.7. The standard InChI is InChI=1S/C30H45N5O5/c1-21(2)18-25-30(39)35-17-9-10-22(35)20-40-26-12-4-3-11-23(26)28(37)33-24(19-27(36)32-25)29(38)31-13-5-6-14-34-15-7-8-16-34/h3-4,11-12,21-22,24-25H,5-10,13-20H2,1-2H3,(H,31,38)(H,32,36)(H,33,37)/t22-,24+,25+/m1/s1. The topological polar surface area (TPSA) is 120 Å². The Hall–Kier alpha value is -3.14. The second-order valence-electron chi connectivity index (χ2n) is 11.7. The number of amides is 4. The number of para-hydroxylation sites is 1. The summed E-state index contributed by atoms with van der Waals surface area (Å²) in [6.07, 6.45) is 6.14. The molecule has 2 fully saturated rings. The molecule has 3 atom stereocenters. The lowest BCUT2D eigenvalue weighted by atomic mass is 10.0. The SMILES string of the molecule is CC(C)C[C@@H]1NC(=O)C[C@@H](C(=O)NCCCCN2CCCC2)NC(=O)c2ccccc2OC[C@H]2CCCN2C1=O. The maximum absolute atomic E-state index is 13.6. The van der Waals surface area contributed by atoms with Crippen molar-refractivity contribution in [1.82, 2.24) is 25.8 Å². The summed E-state index contributed by atoms with van der Waals surface area (Å²) in [7, 11) is 0. The molecule has 10 nitrogen and oxygen atoms in total. The molecule has 0 spiro atoms. The summed E-state index contributed by atoms with van der Waals surface area (Å²) < 4.78 is 6.09. The molecule has 220 valence electrons. The molecule has 0 aliphatic carbocycles. The van der Waals surface area contributed by atoms with E-state index in [9.17, 15) is 19.2 Å². The smallest absolute Gasteiger partial charge is 0.255 e. The van der Waals surface area contributed by atoms with Crippen LogP contribution >= 0.6 is 0 Å². The van der Waals surface area contributed by atoms with Crippen LogP contribution in [0.5, 0.6) is 5.75 Å². The van der Waals surface area contributed by atoms with Crippen LogP contribution in [-0.2, 0) is 14.4 Å². The quantitative estimate of drug-likeness (QED) is 0.423. The number of rotatable bonds is 8. The van der Waals surface area contributed by atoms with Gasteiger partial charge in [-0.3, -0.25) is 19.2 Å². The lowest BCUT2D eigenvalue weighted by Crippen LogP contribution is -2.54. The van der Waals surface area contributed by atoms with E-state index in [4.69, 9.17) is 4.74 Å². The zero-order chi connectivity index (χ0) is 28.5. The Morgan fingerprint density at radius 1 is 1.05 bits per heavy atom. The predicted molar refractivity (Wildman–Crippen MR) is 152 cm³/mol. The molecule has 40 heavy (non-hydrogen) atoms. The lowest BCUT2D eigenvalue weighted by molar-refractivity contribution is -0.138. The fourth-order valence-corrected chi connectivity index (χ4v) is 5.84. The molecular weight excluding hydrogens is 510 g/mol. The summed E-state index contributed by atoms with van der Waals surface area (Å²) >= 11 is 0. The molecule has 0 aromatic heterocycles. The van der Waals surface area contributed by atoms with Crippen molar-refractivity contribution >= 4 is 23.6 Å². The van der Waals surface area contributed by atoms with Crippen LogP contribution in [0.4, 0.5) is 0 Å². The van der Waals surface area contributed by atoms with Crippen LogP contribution in [0.25, 0.3) is 0 Å². The van der Waals surface area contributed by atoms with E-state index < -0.39 is 29.8 Å². The van der Waals surface area contributed by atoms with Gasteiger partial charge in [0, 0.05) is 13.1 Å². The molecule has 4 amide bonds. The first-order chi connectivity index (χ1) is 19.3. The number of fused-ring (bicyclic) bond motifs is 2. The van der Waals surface area contributed by atoms with Gasteiger partial charge in [0.25, 0.3) is 5.91 Å². The molecule has 2 saturated heterocycles. The minimum atomic E-state index is -1.09. The van der Waals surface area contributed by atoms with Crippen LogP contribution in [0, 0.1) is 5.92 Å². The number of carbonyl (C=O) groups is 4. The highest BCUT2D eigenvalue weighted by molar-refractivity contribution is 6.01. The van der Waals surface area contributed by atoms with Crippen molar-refractivity contribution in [1.29, 1.82) is 0 Å². The number of unbranched alkanes of at least 4 members (excludes halogenated alkanes) is 1. The summed E-state index contributed by atoms with van der Waals surface area (Å²) in [6, 6.07) is 4.94. The van der Waals surface area contributed by atoms with E-state index in [0.717, 1.165) is 45.3 Å². The number of ether oxygens (including phenoxy) is 1. The zero-order valence-corrected chi connectivity index (χ0v) is 24.0. The predicted octanol–water partition coefficient (Wildman–Crippen LogP) is 2.08. The summed E-state index contributed by atoms with van der Waals surface area (Å²) in [5.74, 6) is -0.890. The third-order valence-corrected chi connectivity index (χ3v) is 7.97. The van der Waals surface area contributed by atoms with Gasteiger partial charge >= 0.3 is 0 Å². The molecule has 0 bridgehead atoms. The number of likely N-dealkylation sites (tertiary alicyclic amines) is 1. The van der Waals surface area contributed by atoms with Crippen LogP contribution in [0.15, 0.2) is 24.3 Å². The number of nitrogens with zero attached hydrogens (tertiary/aromatic N) is 2. The van der Waals surface area contributed by atoms with Crippen molar-refractivity contribution in [3.8, 4) is 5.75 Å².